The van der Waals surface area contributed by atoms with Crippen molar-refractivity contribution < 1.29 is 0 Å². The van der Waals surface area contributed by atoms with Gasteiger partial charge in [0.05, 0.1) is 5.41 Å². The van der Waals surface area contributed by atoms with Crippen LogP contribution >= 0.6 is 0 Å². The minimum Gasteiger partial charge on any atom is -0.0963 e. The molecule has 5 aromatic carbocycles. The predicted octanol–water partition coefficient (Wildman–Crippen LogP) is 12.3. The maximum atomic E-state index is 6.67. The summed E-state index contributed by atoms with van der Waals surface area (Å²) in [4.78, 5) is 0. The fourth-order valence-corrected chi connectivity index (χ4v) is 9.45. The van der Waals surface area contributed by atoms with Crippen molar-refractivity contribution in [2.24, 2.45) is 0 Å². The Morgan fingerprint density at radius 3 is 1.78 bits per heavy atom. The number of unbranched alkanes of at least 4 members (excludes halogenated alkanes) is 7. The highest BCUT2D eigenvalue weighted by molar-refractivity contribution is 6.32. The summed E-state index contributed by atoms with van der Waals surface area (Å²) in [5, 5.41) is 0. The summed E-state index contributed by atoms with van der Waals surface area (Å²) in [7, 11) is 6.67. The number of hydrogen-bond donors (Lipinski definition) is 0. The van der Waals surface area contributed by atoms with Gasteiger partial charge in [0.25, 0.3) is 0 Å². The van der Waals surface area contributed by atoms with Crippen LogP contribution in [0.2, 0.25) is 0 Å². The molecule has 49 heavy (non-hydrogen) atoms. The van der Waals surface area contributed by atoms with Crippen LogP contribution in [0, 0.1) is 6.92 Å². The molecule has 248 valence electrons. The summed E-state index contributed by atoms with van der Waals surface area (Å²) < 4.78 is 0. The molecule has 0 aliphatic heterocycles. The third-order valence-corrected chi connectivity index (χ3v) is 12.0. The van der Waals surface area contributed by atoms with Gasteiger partial charge in [0.2, 0.25) is 0 Å². The highest BCUT2D eigenvalue weighted by atomic mass is 14.5. The second-order valence-corrected chi connectivity index (χ2v) is 15.0. The van der Waals surface area contributed by atoms with Crippen LogP contribution in [0.3, 0.4) is 0 Å². The van der Waals surface area contributed by atoms with Gasteiger partial charge in [0.15, 0.2) is 0 Å². The second-order valence-electron chi connectivity index (χ2n) is 15.0. The SMILES string of the molecule is [B]c1ccc2c(c1)C(c1ccccc1)(c1ccc(CC)cc1)c1cc3c(cc1-2)C(CCCCC)(CCCCCCCC)c1cc(C)ccc1-3. The molecule has 0 nitrogen and oxygen atoms in total. The third-order valence-electron chi connectivity index (χ3n) is 12.0. The van der Waals surface area contributed by atoms with E-state index >= 15 is 0 Å². The van der Waals surface area contributed by atoms with Gasteiger partial charge < -0.3 is 0 Å². The Labute approximate surface area is 297 Å². The maximum absolute atomic E-state index is 6.67. The standard InChI is InChI=1S/C48H53B/c1-5-8-10-11-12-17-29-47(28-16-9-6-2)43-30-34(4)20-26-39(43)41-33-46-42(32-44(41)47)40-27-25-38(49)31-45(40)48(46,36-18-14-13-15-19-36)37-23-21-35(7-3)22-24-37/h13-15,18-27,30-33H,5-12,16-17,28-29H2,1-4H3. The summed E-state index contributed by atoms with van der Waals surface area (Å²) in [5.74, 6) is 0. The summed E-state index contributed by atoms with van der Waals surface area (Å²) in [6, 6.07) is 39.9. The van der Waals surface area contributed by atoms with Crippen molar-refractivity contribution in [1.29, 1.82) is 0 Å². The van der Waals surface area contributed by atoms with Crippen molar-refractivity contribution in [3.05, 3.63) is 148 Å². The monoisotopic (exact) mass is 640 g/mol. The Morgan fingerprint density at radius 1 is 0.490 bits per heavy atom. The number of benzene rings is 5. The van der Waals surface area contributed by atoms with Crippen LogP contribution in [0.1, 0.15) is 136 Å². The molecule has 2 aliphatic rings. The van der Waals surface area contributed by atoms with Gasteiger partial charge in [-0.25, -0.2) is 0 Å². The number of aryl methyl sites for hydroxylation is 2. The molecule has 0 amide bonds. The Bertz CT molecular complexity index is 1920. The summed E-state index contributed by atoms with van der Waals surface area (Å²) in [6.45, 7) is 9.18. The van der Waals surface area contributed by atoms with E-state index in [4.69, 9.17) is 7.85 Å². The largest absolute Gasteiger partial charge is 0.113 e. The first kappa shape index (κ1) is 33.7. The Morgan fingerprint density at radius 2 is 1.04 bits per heavy atom. The lowest BCUT2D eigenvalue weighted by atomic mass is 9.66. The molecule has 2 atom stereocenters. The average molecular weight is 641 g/mol. The van der Waals surface area contributed by atoms with Crippen LogP contribution in [0.15, 0.2) is 103 Å². The van der Waals surface area contributed by atoms with Gasteiger partial charge >= 0.3 is 0 Å². The topological polar surface area (TPSA) is 0 Å². The zero-order valence-corrected chi connectivity index (χ0v) is 30.4. The van der Waals surface area contributed by atoms with E-state index in [9.17, 15) is 0 Å². The molecule has 0 saturated heterocycles. The van der Waals surface area contributed by atoms with E-state index in [1.165, 1.54) is 126 Å². The van der Waals surface area contributed by atoms with Crippen molar-refractivity contribution in [2.45, 2.75) is 116 Å². The molecule has 0 aromatic heterocycles. The summed E-state index contributed by atoms with van der Waals surface area (Å²) in [5.41, 5.74) is 17.2. The Hall–Kier alpha value is -3.84. The molecule has 5 aromatic rings. The summed E-state index contributed by atoms with van der Waals surface area (Å²) >= 11 is 0. The zero-order valence-electron chi connectivity index (χ0n) is 30.4. The molecule has 2 radical (unpaired) electrons. The third kappa shape index (κ3) is 5.72. The first-order valence-corrected chi connectivity index (χ1v) is 19.3. The van der Waals surface area contributed by atoms with Gasteiger partial charge in [-0.05, 0) is 99.5 Å². The van der Waals surface area contributed by atoms with E-state index in [0.29, 0.717) is 0 Å². The number of rotatable bonds is 14. The van der Waals surface area contributed by atoms with Crippen molar-refractivity contribution in [2.75, 3.05) is 0 Å². The average Bonchev–Trinajstić information content (AvgIpc) is 3.55. The lowest BCUT2D eigenvalue weighted by molar-refractivity contribution is 0.401. The van der Waals surface area contributed by atoms with E-state index in [1.54, 1.807) is 11.1 Å². The minimum absolute atomic E-state index is 0.0420. The smallest absolute Gasteiger partial charge is 0.0963 e. The van der Waals surface area contributed by atoms with E-state index in [-0.39, 0.29) is 5.41 Å². The fourth-order valence-electron chi connectivity index (χ4n) is 9.45. The lowest BCUT2D eigenvalue weighted by Gasteiger charge is -2.35. The van der Waals surface area contributed by atoms with Crippen LogP contribution in [-0.4, -0.2) is 7.85 Å². The first-order chi connectivity index (χ1) is 24.0. The number of hydrogen-bond acceptors (Lipinski definition) is 0. The molecule has 2 aliphatic carbocycles. The highest BCUT2D eigenvalue weighted by Gasteiger charge is 2.49. The molecule has 0 bridgehead atoms. The fraction of sp³-hybridized carbons (Fsp3) is 0.375. The van der Waals surface area contributed by atoms with E-state index in [1.807, 2.05) is 0 Å². The molecular formula is C48H53B. The maximum Gasteiger partial charge on any atom is 0.113 e. The van der Waals surface area contributed by atoms with Gasteiger partial charge in [0, 0.05) is 5.41 Å². The van der Waals surface area contributed by atoms with Crippen LogP contribution in [0.5, 0.6) is 0 Å². The Kier molecular flexibility index (Phi) is 9.74. The molecule has 0 N–H and O–H groups in total. The first-order valence-electron chi connectivity index (χ1n) is 19.3. The van der Waals surface area contributed by atoms with Crippen molar-refractivity contribution in [3.63, 3.8) is 0 Å². The lowest BCUT2D eigenvalue weighted by Crippen LogP contribution is -2.30. The minimum atomic E-state index is -0.458. The molecular weight excluding hydrogens is 587 g/mol. The van der Waals surface area contributed by atoms with E-state index < -0.39 is 5.41 Å². The van der Waals surface area contributed by atoms with Crippen molar-refractivity contribution in [3.8, 4) is 22.3 Å². The van der Waals surface area contributed by atoms with Gasteiger partial charge in [0.1, 0.15) is 7.85 Å². The number of fused-ring (bicyclic) bond motifs is 6. The molecule has 7 rings (SSSR count). The van der Waals surface area contributed by atoms with Crippen molar-refractivity contribution in [1.82, 2.24) is 0 Å². The van der Waals surface area contributed by atoms with Crippen LogP contribution in [-0.2, 0) is 17.3 Å². The van der Waals surface area contributed by atoms with E-state index in [0.717, 1.165) is 11.9 Å². The molecule has 0 heterocycles. The predicted molar refractivity (Wildman–Crippen MR) is 212 cm³/mol. The van der Waals surface area contributed by atoms with Gasteiger partial charge in [-0.3, -0.25) is 0 Å². The molecule has 0 spiro atoms. The van der Waals surface area contributed by atoms with Crippen LogP contribution in [0.4, 0.5) is 0 Å². The molecule has 2 unspecified atom stereocenters. The summed E-state index contributed by atoms with van der Waals surface area (Å²) in [6.07, 6.45) is 15.2. The van der Waals surface area contributed by atoms with Crippen LogP contribution in [0.25, 0.3) is 22.3 Å². The van der Waals surface area contributed by atoms with Gasteiger partial charge in [-0.2, -0.15) is 0 Å². The Balaban J connectivity index is 1.49. The van der Waals surface area contributed by atoms with Crippen LogP contribution < -0.4 is 5.46 Å². The van der Waals surface area contributed by atoms with Gasteiger partial charge in [-0.15, -0.1) is 0 Å². The molecule has 1 heteroatoms. The zero-order chi connectivity index (χ0) is 34.0. The molecule has 0 saturated carbocycles. The normalized spacial score (nSPS) is 18.6. The quantitative estimate of drug-likeness (QED) is 0.0821. The van der Waals surface area contributed by atoms with Gasteiger partial charge in [-0.1, -0.05) is 181 Å². The molecule has 0 fully saturated rings. The van der Waals surface area contributed by atoms with Crippen molar-refractivity contribution >= 4 is 13.3 Å². The van der Waals surface area contributed by atoms with E-state index in [2.05, 4.69) is 131 Å². The highest BCUT2D eigenvalue weighted by Crippen LogP contribution is 2.61. The second kappa shape index (κ2) is 14.2.